The van der Waals surface area contributed by atoms with Crippen molar-refractivity contribution in [2.45, 2.75) is 24.3 Å². The molecule has 0 radical (unpaired) electrons. The topological polar surface area (TPSA) is 69.6 Å². The van der Waals surface area contributed by atoms with Crippen molar-refractivity contribution in [2.24, 2.45) is 7.05 Å². The Bertz CT molecular complexity index is 689. The number of rotatable bonds is 5. The molecule has 0 spiro atoms. The van der Waals surface area contributed by atoms with Gasteiger partial charge in [0, 0.05) is 13.5 Å². The lowest BCUT2D eigenvalue weighted by Gasteiger charge is -2.00. The molecule has 3 heterocycles. The lowest BCUT2D eigenvalue weighted by atomic mass is 10.4. The summed E-state index contributed by atoms with van der Waals surface area (Å²) in [6.07, 6.45) is 0.754. The highest BCUT2D eigenvalue weighted by atomic mass is 32.2. The van der Waals surface area contributed by atoms with E-state index in [4.69, 9.17) is 4.42 Å². The monoisotopic (exact) mass is 307 g/mol. The van der Waals surface area contributed by atoms with E-state index in [9.17, 15) is 0 Å². The largest absolute Gasteiger partial charge is 0.424 e. The highest BCUT2D eigenvalue weighted by Gasteiger charge is 2.13. The Morgan fingerprint density at radius 1 is 1.25 bits per heavy atom. The summed E-state index contributed by atoms with van der Waals surface area (Å²) < 4.78 is 7.45. The Morgan fingerprint density at radius 2 is 2.10 bits per heavy atom. The molecular formula is C12H13N5OS2. The van der Waals surface area contributed by atoms with E-state index in [2.05, 4.69) is 20.4 Å². The Hall–Kier alpha value is -1.67. The third kappa shape index (κ3) is 2.61. The van der Waals surface area contributed by atoms with Crippen molar-refractivity contribution in [3.63, 3.8) is 0 Å². The van der Waals surface area contributed by atoms with Gasteiger partial charge in [0.25, 0.3) is 0 Å². The molecule has 0 unspecified atom stereocenters. The first kappa shape index (κ1) is 13.3. The first-order valence-corrected chi connectivity index (χ1v) is 8.01. The van der Waals surface area contributed by atoms with Gasteiger partial charge in [-0.05, 0) is 11.4 Å². The summed E-state index contributed by atoms with van der Waals surface area (Å²) in [4.78, 5) is 1.11. The fourth-order valence-corrected chi connectivity index (χ4v) is 3.17. The molecule has 0 N–H and O–H groups in total. The van der Waals surface area contributed by atoms with Crippen LogP contribution in [-0.2, 0) is 19.2 Å². The molecule has 8 heteroatoms. The van der Waals surface area contributed by atoms with E-state index in [-0.39, 0.29) is 0 Å². The summed E-state index contributed by atoms with van der Waals surface area (Å²) in [6.45, 7) is 1.99. The average Bonchev–Trinajstić information content (AvgIpc) is 3.17. The van der Waals surface area contributed by atoms with E-state index < -0.39 is 0 Å². The van der Waals surface area contributed by atoms with Crippen LogP contribution in [0.4, 0.5) is 0 Å². The van der Waals surface area contributed by atoms with Gasteiger partial charge in [-0.2, -0.15) is 0 Å². The van der Waals surface area contributed by atoms with Crippen LogP contribution in [0.3, 0.4) is 0 Å². The molecule has 0 amide bonds. The molecule has 0 aliphatic carbocycles. The maximum Gasteiger partial charge on any atom is 0.226 e. The summed E-state index contributed by atoms with van der Waals surface area (Å²) in [6, 6.07) is 4.04. The molecule has 3 aromatic heterocycles. The third-order valence-corrected chi connectivity index (χ3v) is 4.58. The van der Waals surface area contributed by atoms with E-state index in [0.717, 1.165) is 22.3 Å². The molecule has 0 saturated carbocycles. The minimum atomic E-state index is 0.601. The fourth-order valence-electron chi connectivity index (χ4n) is 1.68. The summed E-state index contributed by atoms with van der Waals surface area (Å²) in [5.41, 5.74) is 0. The minimum absolute atomic E-state index is 0.601. The molecule has 0 aromatic carbocycles. The van der Waals surface area contributed by atoms with Crippen molar-refractivity contribution in [3.8, 4) is 10.7 Å². The predicted molar refractivity (Wildman–Crippen MR) is 77.6 cm³/mol. The standard InChI is InChI=1S/C12H13N5OS2/c1-3-9-13-14-10(18-9)7-20-12-16-15-11(17(12)2)8-5-4-6-19-8/h4-6H,3,7H2,1-2H3. The number of aromatic nitrogens is 5. The minimum Gasteiger partial charge on any atom is -0.424 e. The molecule has 0 fully saturated rings. The van der Waals surface area contributed by atoms with Crippen LogP contribution in [0.5, 0.6) is 0 Å². The van der Waals surface area contributed by atoms with Crippen molar-refractivity contribution >= 4 is 23.1 Å². The number of nitrogens with zero attached hydrogens (tertiary/aromatic N) is 5. The van der Waals surface area contributed by atoms with Crippen molar-refractivity contribution < 1.29 is 4.42 Å². The van der Waals surface area contributed by atoms with E-state index in [1.807, 2.05) is 36.1 Å². The molecule has 0 bridgehead atoms. The van der Waals surface area contributed by atoms with Crippen molar-refractivity contribution in [2.75, 3.05) is 0 Å². The van der Waals surface area contributed by atoms with Gasteiger partial charge in [0.05, 0.1) is 10.6 Å². The zero-order valence-corrected chi connectivity index (χ0v) is 12.7. The first-order valence-electron chi connectivity index (χ1n) is 6.15. The fraction of sp³-hybridized carbons (Fsp3) is 0.333. The van der Waals surface area contributed by atoms with Crippen LogP contribution in [0.25, 0.3) is 10.7 Å². The van der Waals surface area contributed by atoms with Gasteiger partial charge in [-0.15, -0.1) is 31.7 Å². The lowest BCUT2D eigenvalue weighted by molar-refractivity contribution is 0.469. The molecule has 20 heavy (non-hydrogen) atoms. The number of aryl methyl sites for hydroxylation is 1. The second kappa shape index (κ2) is 5.76. The van der Waals surface area contributed by atoms with Crippen LogP contribution in [0, 0.1) is 0 Å². The molecule has 0 saturated heterocycles. The third-order valence-electron chi connectivity index (χ3n) is 2.71. The quantitative estimate of drug-likeness (QED) is 0.675. The van der Waals surface area contributed by atoms with Crippen LogP contribution in [0.2, 0.25) is 0 Å². The van der Waals surface area contributed by atoms with Crippen molar-refractivity contribution in [3.05, 3.63) is 29.3 Å². The van der Waals surface area contributed by atoms with Gasteiger partial charge in [-0.1, -0.05) is 24.8 Å². The van der Waals surface area contributed by atoms with Crippen LogP contribution >= 0.6 is 23.1 Å². The lowest BCUT2D eigenvalue weighted by Crippen LogP contribution is -1.94. The first-order chi connectivity index (χ1) is 9.78. The number of thiophene rings is 1. The van der Waals surface area contributed by atoms with Crippen molar-refractivity contribution in [1.29, 1.82) is 0 Å². The molecule has 3 aromatic rings. The maximum absolute atomic E-state index is 5.47. The predicted octanol–water partition coefficient (Wildman–Crippen LogP) is 2.78. The van der Waals surface area contributed by atoms with Gasteiger partial charge in [0.2, 0.25) is 11.8 Å². The maximum atomic E-state index is 5.47. The smallest absolute Gasteiger partial charge is 0.226 e. The van der Waals surface area contributed by atoms with Crippen LogP contribution in [0.15, 0.2) is 27.1 Å². The normalized spacial score (nSPS) is 11.1. The highest BCUT2D eigenvalue weighted by molar-refractivity contribution is 7.98. The number of hydrogen-bond donors (Lipinski definition) is 0. The van der Waals surface area contributed by atoms with E-state index in [1.54, 1.807) is 11.3 Å². The Kier molecular flexibility index (Phi) is 3.83. The Labute approximate surface area is 124 Å². The van der Waals surface area contributed by atoms with Crippen LogP contribution in [-0.4, -0.2) is 25.0 Å². The Balaban J connectivity index is 1.72. The van der Waals surface area contributed by atoms with Crippen LogP contribution in [0.1, 0.15) is 18.7 Å². The van der Waals surface area contributed by atoms with Gasteiger partial charge in [0.1, 0.15) is 0 Å². The van der Waals surface area contributed by atoms with E-state index in [0.29, 0.717) is 17.5 Å². The second-order valence-corrected chi connectivity index (χ2v) is 5.96. The van der Waals surface area contributed by atoms with Gasteiger partial charge in [-0.3, -0.25) is 0 Å². The average molecular weight is 307 g/mol. The highest BCUT2D eigenvalue weighted by Crippen LogP contribution is 2.27. The van der Waals surface area contributed by atoms with Gasteiger partial charge in [0.15, 0.2) is 11.0 Å². The Morgan fingerprint density at radius 3 is 2.80 bits per heavy atom. The zero-order chi connectivity index (χ0) is 13.9. The van der Waals surface area contributed by atoms with Gasteiger partial charge >= 0.3 is 0 Å². The summed E-state index contributed by atoms with van der Waals surface area (Å²) in [5, 5.41) is 19.2. The molecular weight excluding hydrogens is 294 g/mol. The van der Waals surface area contributed by atoms with Gasteiger partial charge < -0.3 is 8.98 Å². The SMILES string of the molecule is CCc1nnc(CSc2nnc(-c3cccs3)n2C)o1. The van der Waals surface area contributed by atoms with Gasteiger partial charge in [-0.25, -0.2) is 0 Å². The number of thioether (sulfide) groups is 1. The molecule has 0 aliphatic heterocycles. The molecule has 0 atom stereocenters. The summed E-state index contributed by atoms with van der Waals surface area (Å²) in [7, 11) is 1.96. The zero-order valence-electron chi connectivity index (χ0n) is 11.1. The second-order valence-electron chi connectivity index (χ2n) is 4.07. The molecule has 0 aliphatic rings. The van der Waals surface area contributed by atoms with E-state index in [1.165, 1.54) is 11.8 Å². The number of hydrogen-bond acceptors (Lipinski definition) is 7. The molecule has 3 rings (SSSR count). The summed E-state index contributed by atoms with van der Waals surface area (Å²) in [5.74, 6) is 2.76. The van der Waals surface area contributed by atoms with Crippen LogP contribution < -0.4 is 0 Å². The summed E-state index contributed by atoms with van der Waals surface area (Å²) >= 11 is 3.19. The van der Waals surface area contributed by atoms with E-state index >= 15 is 0 Å². The van der Waals surface area contributed by atoms with Crippen molar-refractivity contribution in [1.82, 2.24) is 25.0 Å². The molecule has 6 nitrogen and oxygen atoms in total. The molecule has 104 valence electrons.